The van der Waals surface area contributed by atoms with Crippen LogP contribution >= 0.6 is 0 Å². The van der Waals surface area contributed by atoms with Gasteiger partial charge in [-0.2, -0.15) is 0 Å². The molecule has 9 heteroatoms. The number of fused-ring (bicyclic) bond motifs is 1. The Morgan fingerprint density at radius 1 is 1.22 bits per heavy atom. The molecular weight excluding hydrogens is 408 g/mol. The van der Waals surface area contributed by atoms with Crippen LogP contribution in [-0.2, 0) is 35.6 Å². The van der Waals surface area contributed by atoms with Gasteiger partial charge in [-0.05, 0) is 31.2 Å². The quantitative estimate of drug-likeness (QED) is 0.741. The number of aryl methyl sites for hydroxylation is 1. The summed E-state index contributed by atoms with van der Waals surface area (Å²) in [7, 11) is 3.39. The lowest BCUT2D eigenvalue weighted by molar-refractivity contribution is -0.153. The number of nitrogens with zero attached hydrogens (tertiary/aromatic N) is 5. The SMILES string of the molecule is CN(C)C(=O)NCc1nnn2c1COC1(CCCN(C(=O)CCCc3ccccc3)C1)C2. The molecule has 1 spiro atoms. The van der Waals surface area contributed by atoms with Crippen LogP contribution in [0.4, 0.5) is 4.79 Å². The number of benzene rings is 1. The predicted molar refractivity (Wildman–Crippen MR) is 119 cm³/mol. The van der Waals surface area contributed by atoms with E-state index in [1.165, 1.54) is 10.5 Å². The van der Waals surface area contributed by atoms with Crippen LogP contribution in [0.1, 0.15) is 42.6 Å². The molecule has 2 aromatic rings. The number of likely N-dealkylation sites (tertiary alicyclic amines) is 1. The van der Waals surface area contributed by atoms with E-state index in [0.717, 1.165) is 43.6 Å². The number of hydrogen-bond donors (Lipinski definition) is 1. The topological polar surface area (TPSA) is 92.6 Å². The van der Waals surface area contributed by atoms with Crippen molar-refractivity contribution in [3.8, 4) is 0 Å². The highest BCUT2D eigenvalue weighted by Gasteiger charge is 2.42. The van der Waals surface area contributed by atoms with Crippen LogP contribution in [0.3, 0.4) is 0 Å². The first-order valence-corrected chi connectivity index (χ1v) is 11.3. The smallest absolute Gasteiger partial charge is 0.317 e. The average molecular weight is 441 g/mol. The number of urea groups is 1. The molecule has 0 saturated carbocycles. The number of carbonyl (C=O) groups excluding carboxylic acids is 2. The van der Waals surface area contributed by atoms with E-state index in [-0.39, 0.29) is 11.9 Å². The van der Waals surface area contributed by atoms with E-state index in [4.69, 9.17) is 4.74 Å². The van der Waals surface area contributed by atoms with Crippen molar-refractivity contribution in [3.63, 3.8) is 0 Å². The van der Waals surface area contributed by atoms with Crippen molar-refractivity contribution < 1.29 is 14.3 Å². The van der Waals surface area contributed by atoms with Gasteiger partial charge in [-0.15, -0.1) is 5.10 Å². The van der Waals surface area contributed by atoms with Gasteiger partial charge in [0.2, 0.25) is 5.91 Å². The summed E-state index contributed by atoms with van der Waals surface area (Å²) in [5, 5.41) is 11.4. The van der Waals surface area contributed by atoms with Crippen molar-refractivity contribution >= 4 is 11.9 Å². The average Bonchev–Trinajstić information content (AvgIpc) is 3.19. The van der Waals surface area contributed by atoms with Crippen LogP contribution in [0.2, 0.25) is 0 Å². The lowest BCUT2D eigenvalue weighted by Gasteiger charge is -2.44. The van der Waals surface area contributed by atoms with Gasteiger partial charge in [-0.3, -0.25) is 4.79 Å². The molecule has 1 fully saturated rings. The van der Waals surface area contributed by atoms with Crippen LogP contribution < -0.4 is 5.32 Å². The zero-order valence-electron chi connectivity index (χ0n) is 18.9. The first kappa shape index (κ1) is 22.3. The number of rotatable bonds is 6. The zero-order valence-corrected chi connectivity index (χ0v) is 18.9. The van der Waals surface area contributed by atoms with Gasteiger partial charge in [-0.1, -0.05) is 35.5 Å². The Morgan fingerprint density at radius 2 is 2.03 bits per heavy atom. The highest BCUT2D eigenvalue weighted by atomic mass is 16.5. The van der Waals surface area contributed by atoms with Crippen LogP contribution in [0.15, 0.2) is 30.3 Å². The largest absolute Gasteiger partial charge is 0.365 e. The zero-order chi connectivity index (χ0) is 22.6. The maximum atomic E-state index is 12.9. The molecule has 4 rings (SSSR count). The number of ether oxygens (including phenoxy) is 1. The summed E-state index contributed by atoms with van der Waals surface area (Å²) in [5.41, 5.74) is 2.46. The third-order valence-corrected chi connectivity index (χ3v) is 6.28. The summed E-state index contributed by atoms with van der Waals surface area (Å²) in [6.45, 7) is 2.64. The molecule has 1 unspecified atom stereocenters. The van der Waals surface area contributed by atoms with E-state index in [9.17, 15) is 9.59 Å². The van der Waals surface area contributed by atoms with Gasteiger partial charge < -0.3 is 19.9 Å². The second-order valence-electron chi connectivity index (χ2n) is 8.92. The van der Waals surface area contributed by atoms with Gasteiger partial charge >= 0.3 is 6.03 Å². The van der Waals surface area contributed by atoms with E-state index < -0.39 is 5.60 Å². The molecule has 1 aromatic carbocycles. The lowest BCUT2D eigenvalue weighted by Crippen LogP contribution is -2.55. The third kappa shape index (κ3) is 5.09. The molecule has 1 atom stereocenters. The molecule has 3 heterocycles. The van der Waals surface area contributed by atoms with E-state index in [2.05, 4.69) is 27.8 Å². The summed E-state index contributed by atoms with van der Waals surface area (Å²) in [4.78, 5) is 28.1. The maximum absolute atomic E-state index is 12.9. The molecule has 1 aromatic heterocycles. The molecule has 3 amide bonds. The molecule has 2 aliphatic rings. The first-order valence-electron chi connectivity index (χ1n) is 11.3. The van der Waals surface area contributed by atoms with Crippen molar-refractivity contribution in [1.82, 2.24) is 30.1 Å². The van der Waals surface area contributed by atoms with Crippen molar-refractivity contribution in [2.75, 3.05) is 27.2 Å². The minimum Gasteiger partial charge on any atom is -0.365 e. The minimum absolute atomic E-state index is 0.173. The van der Waals surface area contributed by atoms with Gasteiger partial charge in [-0.25, -0.2) is 9.48 Å². The molecule has 1 N–H and O–H groups in total. The fourth-order valence-electron chi connectivity index (χ4n) is 4.45. The number of nitrogens with one attached hydrogen (secondary N) is 1. The molecule has 2 aliphatic heterocycles. The van der Waals surface area contributed by atoms with E-state index in [1.54, 1.807) is 14.1 Å². The monoisotopic (exact) mass is 440 g/mol. The highest BCUT2D eigenvalue weighted by molar-refractivity contribution is 5.76. The van der Waals surface area contributed by atoms with Crippen molar-refractivity contribution in [2.24, 2.45) is 0 Å². The third-order valence-electron chi connectivity index (χ3n) is 6.28. The second-order valence-corrected chi connectivity index (χ2v) is 8.92. The predicted octanol–water partition coefficient (Wildman–Crippen LogP) is 1.96. The van der Waals surface area contributed by atoms with E-state index in [1.807, 2.05) is 27.8 Å². The van der Waals surface area contributed by atoms with Gasteiger partial charge in [0.05, 0.1) is 31.9 Å². The molecular formula is C23H32N6O3. The molecule has 0 radical (unpaired) electrons. The molecule has 172 valence electrons. The van der Waals surface area contributed by atoms with E-state index >= 15 is 0 Å². The normalized spacial score (nSPS) is 20.1. The number of hydrogen-bond acceptors (Lipinski definition) is 5. The van der Waals surface area contributed by atoms with Crippen molar-refractivity contribution in [1.29, 1.82) is 0 Å². The lowest BCUT2D eigenvalue weighted by atomic mass is 9.91. The number of amides is 3. The van der Waals surface area contributed by atoms with Crippen LogP contribution in [-0.4, -0.2) is 69.5 Å². The molecule has 0 bridgehead atoms. The Labute approximate surface area is 188 Å². The maximum Gasteiger partial charge on any atom is 0.317 e. The molecule has 0 aliphatic carbocycles. The van der Waals surface area contributed by atoms with E-state index in [0.29, 0.717) is 32.7 Å². The summed E-state index contributed by atoms with van der Waals surface area (Å²) >= 11 is 0. The van der Waals surface area contributed by atoms with Gasteiger partial charge in [0, 0.05) is 27.1 Å². The summed E-state index contributed by atoms with van der Waals surface area (Å²) < 4.78 is 8.20. The Hall–Kier alpha value is -2.94. The fourth-order valence-corrected chi connectivity index (χ4v) is 4.45. The summed E-state index contributed by atoms with van der Waals surface area (Å²) in [5.74, 6) is 0.195. The fraction of sp³-hybridized carbons (Fsp3) is 0.565. The molecule has 32 heavy (non-hydrogen) atoms. The Kier molecular flexibility index (Phi) is 6.74. The van der Waals surface area contributed by atoms with Gasteiger partial charge in [0.1, 0.15) is 11.3 Å². The number of carbonyl (C=O) groups is 2. The standard InChI is InChI=1S/C23H32N6O3/c1-27(2)22(31)24-14-19-20-15-32-23(17-29(20)26-25-19)12-7-13-28(16-23)21(30)11-6-10-18-8-4-3-5-9-18/h3-5,8-9H,6-7,10-17H2,1-2H3,(H,24,31). The Balaban J connectivity index is 1.32. The van der Waals surface area contributed by atoms with Crippen LogP contribution in [0.5, 0.6) is 0 Å². The van der Waals surface area contributed by atoms with Crippen LogP contribution in [0.25, 0.3) is 0 Å². The second kappa shape index (κ2) is 9.68. The Bertz CT molecular complexity index is 944. The Morgan fingerprint density at radius 3 is 2.81 bits per heavy atom. The number of piperidine rings is 1. The molecule has 9 nitrogen and oxygen atoms in total. The first-order chi connectivity index (χ1) is 15.5. The van der Waals surface area contributed by atoms with Crippen molar-refractivity contribution in [3.05, 3.63) is 47.3 Å². The molecule has 1 saturated heterocycles. The highest BCUT2D eigenvalue weighted by Crippen LogP contribution is 2.32. The number of aromatic nitrogens is 3. The van der Waals surface area contributed by atoms with Gasteiger partial charge in [0.25, 0.3) is 0 Å². The summed E-state index contributed by atoms with van der Waals surface area (Å²) in [6, 6.07) is 10.1. The van der Waals surface area contributed by atoms with Crippen molar-refractivity contribution in [2.45, 2.75) is 57.4 Å². The van der Waals surface area contributed by atoms with Crippen LogP contribution in [0, 0.1) is 0 Å². The minimum atomic E-state index is -0.418. The summed E-state index contributed by atoms with van der Waals surface area (Å²) in [6.07, 6.45) is 4.13. The van der Waals surface area contributed by atoms with Gasteiger partial charge in [0.15, 0.2) is 0 Å².